The summed E-state index contributed by atoms with van der Waals surface area (Å²) in [5.41, 5.74) is 0.603. The largest absolute Gasteiger partial charge is 0.481 e. The first-order chi connectivity index (χ1) is 7.81. The summed E-state index contributed by atoms with van der Waals surface area (Å²) in [7, 11) is -3.45. The predicted octanol–water partition coefficient (Wildman–Crippen LogP) is 2.12. The molecular weight excluding hydrogens is 264 g/mol. The Morgan fingerprint density at radius 1 is 1.35 bits per heavy atom. The fourth-order valence-electron chi connectivity index (χ4n) is 1.33. The molecule has 1 aromatic carbocycles. The molecule has 1 aromatic rings. The lowest BCUT2D eigenvalue weighted by molar-refractivity contribution is -0.136. The van der Waals surface area contributed by atoms with Crippen LogP contribution >= 0.6 is 11.6 Å². The zero-order valence-electron chi connectivity index (χ0n) is 9.26. The summed E-state index contributed by atoms with van der Waals surface area (Å²) >= 11 is 5.69. The van der Waals surface area contributed by atoms with Crippen LogP contribution in [0.4, 0.5) is 0 Å². The molecule has 0 amide bonds. The van der Waals surface area contributed by atoms with Crippen molar-refractivity contribution in [1.82, 2.24) is 0 Å². The van der Waals surface area contributed by atoms with E-state index in [-0.39, 0.29) is 12.2 Å². The maximum Gasteiger partial charge on any atom is 0.304 e. The van der Waals surface area contributed by atoms with Gasteiger partial charge in [0.25, 0.3) is 0 Å². The Morgan fingerprint density at radius 3 is 2.35 bits per heavy atom. The van der Waals surface area contributed by atoms with Crippen LogP contribution in [0, 0.1) is 0 Å². The highest BCUT2D eigenvalue weighted by Gasteiger charge is 2.23. The van der Waals surface area contributed by atoms with Gasteiger partial charge in [0.15, 0.2) is 9.84 Å². The molecule has 6 heteroatoms. The minimum Gasteiger partial charge on any atom is -0.481 e. The molecule has 0 spiro atoms. The second-order valence-electron chi connectivity index (χ2n) is 3.84. The average molecular weight is 277 g/mol. The molecule has 0 bridgehead atoms. The summed E-state index contributed by atoms with van der Waals surface area (Å²) in [6.07, 6.45) is -0.379. The van der Waals surface area contributed by atoms with Crippen molar-refractivity contribution >= 4 is 27.4 Å². The van der Waals surface area contributed by atoms with Gasteiger partial charge < -0.3 is 5.11 Å². The van der Waals surface area contributed by atoms with Crippen molar-refractivity contribution in [2.24, 2.45) is 0 Å². The van der Waals surface area contributed by atoms with E-state index in [0.717, 1.165) is 0 Å². The van der Waals surface area contributed by atoms with Gasteiger partial charge in [0, 0.05) is 5.02 Å². The second-order valence-corrected chi connectivity index (χ2v) is 6.70. The van der Waals surface area contributed by atoms with Crippen molar-refractivity contribution in [3.8, 4) is 0 Å². The molecule has 1 atom stereocenters. The molecule has 4 nitrogen and oxygen atoms in total. The Labute approximate surface area is 105 Å². The van der Waals surface area contributed by atoms with Crippen molar-refractivity contribution < 1.29 is 18.3 Å². The highest BCUT2D eigenvalue weighted by molar-refractivity contribution is 7.91. The number of carboxylic acids is 1. The van der Waals surface area contributed by atoms with E-state index >= 15 is 0 Å². The first-order valence-corrected chi connectivity index (χ1v) is 7.08. The monoisotopic (exact) mass is 276 g/mol. The Morgan fingerprint density at radius 2 is 1.88 bits per heavy atom. The van der Waals surface area contributed by atoms with E-state index in [9.17, 15) is 13.2 Å². The summed E-state index contributed by atoms with van der Waals surface area (Å²) < 4.78 is 23.6. The Kier molecular flexibility index (Phi) is 4.54. The van der Waals surface area contributed by atoms with Crippen molar-refractivity contribution in [2.75, 3.05) is 0 Å². The number of carboxylic acid groups (broad SMARTS) is 1. The SMILES string of the molecule is CC(CC(=O)O)S(=O)(=O)Cc1ccc(Cl)cc1. The van der Waals surface area contributed by atoms with Gasteiger partial charge in [-0.2, -0.15) is 0 Å². The highest BCUT2D eigenvalue weighted by atomic mass is 35.5. The molecule has 0 heterocycles. The third-order valence-corrected chi connectivity index (χ3v) is 4.74. The van der Waals surface area contributed by atoms with Gasteiger partial charge in [-0.05, 0) is 24.6 Å². The van der Waals surface area contributed by atoms with E-state index in [1.807, 2.05) is 0 Å². The number of hydrogen-bond acceptors (Lipinski definition) is 3. The van der Waals surface area contributed by atoms with Crippen LogP contribution in [-0.4, -0.2) is 24.7 Å². The fraction of sp³-hybridized carbons (Fsp3) is 0.364. The third kappa shape index (κ3) is 4.36. The van der Waals surface area contributed by atoms with Gasteiger partial charge >= 0.3 is 5.97 Å². The number of sulfone groups is 1. The van der Waals surface area contributed by atoms with Gasteiger partial charge in [-0.15, -0.1) is 0 Å². The van der Waals surface area contributed by atoms with Gasteiger partial charge in [-0.3, -0.25) is 4.79 Å². The number of carbonyl (C=O) groups is 1. The minimum absolute atomic E-state index is 0.168. The summed E-state index contributed by atoms with van der Waals surface area (Å²) in [6.45, 7) is 1.40. The molecule has 1 N–H and O–H groups in total. The smallest absolute Gasteiger partial charge is 0.304 e. The van der Waals surface area contributed by atoms with Crippen LogP contribution in [0.5, 0.6) is 0 Å². The number of aliphatic carboxylic acids is 1. The second kappa shape index (κ2) is 5.51. The zero-order chi connectivity index (χ0) is 13.1. The van der Waals surface area contributed by atoms with Crippen LogP contribution in [-0.2, 0) is 20.4 Å². The fourth-order valence-corrected chi connectivity index (χ4v) is 2.79. The molecule has 0 saturated heterocycles. The maximum atomic E-state index is 11.8. The van der Waals surface area contributed by atoms with Crippen molar-refractivity contribution in [1.29, 1.82) is 0 Å². The average Bonchev–Trinajstić information content (AvgIpc) is 2.20. The van der Waals surface area contributed by atoms with Crippen molar-refractivity contribution in [3.05, 3.63) is 34.9 Å². The molecule has 0 aliphatic rings. The molecule has 1 rings (SSSR count). The molecule has 0 aliphatic heterocycles. The van der Waals surface area contributed by atoms with E-state index in [1.165, 1.54) is 6.92 Å². The summed E-state index contributed by atoms with van der Waals surface area (Å²) in [6, 6.07) is 6.45. The van der Waals surface area contributed by atoms with Gasteiger partial charge in [0.2, 0.25) is 0 Å². The Hall–Kier alpha value is -1.07. The molecular formula is C11H13ClO4S. The number of hydrogen-bond donors (Lipinski definition) is 1. The van der Waals surface area contributed by atoms with E-state index in [2.05, 4.69) is 0 Å². The van der Waals surface area contributed by atoms with Crippen LogP contribution in [0.3, 0.4) is 0 Å². The molecule has 17 heavy (non-hydrogen) atoms. The molecule has 0 fully saturated rings. The third-order valence-electron chi connectivity index (χ3n) is 2.36. The van der Waals surface area contributed by atoms with Gasteiger partial charge in [0.05, 0.1) is 17.4 Å². The lowest BCUT2D eigenvalue weighted by atomic mass is 10.2. The lowest BCUT2D eigenvalue weighted by Gasteiger charge is -2.10. The van der Waals surface area contributed by atoms with E-state index in [4.69, 9.17) is 16.7 Å². The van der Waals surface area contributed by atoms with Gasteiger partial charge in [-0.25, -0.2) is 8.42 Å². The number of benzene rings is 1. The van der Waals surface area contributed by atoms with E-state index in [0.29, 0.717) is 10.6 Å². The first-order valence-electron chi connectivity index (χ1n) is 4.99. The summed E-state index contributed by atoms with van der Waals surface area (Å²) in [4.78, 5) is 10.5. The van der Waals surface area contributed by atoms with Crippen LogP contribution in [0.1, 0.15) is 18.9 Å². The van der Waals surface area contributed by atoms with E-state index < -0.39 is 21.1 Å². The van der Waals surface area contributed by atoms with Crippen LogP contribution in [0.2, 0.25) is 5.02 Å². The molecule has 0 saturated carbocycles. The lowest BCUT2D eigenvalue weighted by Crippen LogP contribution is -2.22. The van der Waals surface area contributed by atoms with Crippen molar-refractivity contribution in [2.45, 2.75) is 24.3 Å². The van der Waals surface area contributed by atoms with E-state index in [1.54, 1.807) is 24.3 Å². The quantitative estimate of drug-likeness (QED) is 0.894. The van der Waals surface area contributed by atoms with Crippen LogP contribution < -0.4 is 0 Å². The number of rotatable bonds is 5. The minimum atomic E-state index is -3.45. The normalized spacial score (nSPS) is 13.3. The Balaban J connectivity index is 2.79. The summed E-state index contributed by atoms with van der Waals surface area (Å²) in [5.74, 6) is -1.28. The molecule has 1 unspecified atom stereocenters. The molecule has 94 valence electrons. The molecule has 0 radical (unpaired) electrons. The molecule has 0 aliphatic carbocycles. The highest BCUT2D eigenvalue weighted by Crippen LogP contribution is 2.16. The first kappa shape index (κ1) is 14.0. The van der Waals surface area contributed by atoms with Gasteiger partial charge in [-0.1, -0.05) is 23.7 Å². The Bertz CT molecular complexity index is 493. The van der Waals surface area contributed by atoms with Crippen LogP contribution in [0.15, 0.2) is 24.3 Å². The standard InChI is InChI=1S/C11H13ClO4S/c1-8(6-11(13)14)17(15,16)7-9-2-4-10(12)5-3-9/h2-5,8H,6-7H2,1H3,(H,13,14). The number of halogens is 1. The molecule has 0 aromatic heterocycles. The predicted molar refractivity (Wildman–Crippen MR) is 65.8 cm³/mol. The topological polar surface area (TPSA) is 71.4 Å². The summed E-state index contributed by atoms with van der Waals surface area (Å²) in [5, 5.41) is 8.21. The van der Waals surface area contributed by atoms with Crippen LogP contribution in [0.25, 0.3) is 0 Å². The maximum absolute atomic E-state index is 11.8. The zero-order valence-corrected chi connectivity index (χ0v) is 10.8. The van der Waals surface area contributed by atoms with Crippen molar-refractivity contribution in [3.63, 3.8) is 0 Å². The van der Waals surface area contributed by atoms with Gasteiger partial charge in [0.1, 0.15) is 0 Å².